The quantitative estimate of drug-likeness (QED) is 0.872. The van der Waals surface area contributed by atoms with E-state index in [0.717, 1.165) is 51.3 Å². The van der Waals surface area contributed by atoms with Gasteiger partial charge in [-0.25, -0.2) is 0 Å². The van der Waals surface area contributed by atoms with E-state index >= 15 is 0 Å². The number of amides is 1. The molecule has 2 aliphatic heterocycles. The second kappa shape index (κ2) is 8.13. The second-order valence-corrected chi connectivity index (χ2v) is 6.33. The number of carbonyl (C=O) groups excluding carboxylic acids is 1. The van der Waals surface area contributed by atoms with Crippen LogP contribution in [0.4, 0.5) is 5.69 Å². The highest BCUT2D eigenvalue weighted by atomic mass is 16.5. The lowest BCUT2D eigenvalue weighted by molar-refractivity contribution is -0.122. The minimum absolute atomic E-state index is 0.0661. The summed E-state index contributed by atoms with van der Waals surface area (Å²) in [5.74, 6) is 0.0661. The average molecular weight is 328 g/mol. The molecule has 6 nitrogen and oxygen atoms in total. The normalized spacial score (nSPS) is 21.5. The summed E-state index contributed by atoms with van der Waals surface area (Å²) < 4.78 is 5.52. The van der Waals surface area contributed by atoms with Gasteiger partial charge in [-0.1, -0.05) is 12.1 Å². The standard InChI is InChI=1S/C18H24N4O2/c19-12-15-4-1-2-6-17(15)22-9-7-21(8-10-22)14-18(23)20-13-16-5-3-11-24-16/h1-2,4,6,16H,3,5,7-11,13-14H2,(H,20,23). The monoisotopic (exact) mass is 328 g/mol. The Hall–Kier alpha value is -2.10. The van der Waals surface area contributed by atoms with Crippen molar-refractivity contribution in [2.75, 3.05) is 50.8 Å². The van der Waals surface area contributed by atoms with Crippen molar-refractivity contribution in [3.05, 3.63) is 29.8 Å². The van der Waals surface area contributed by atoms with Crippen LogP contribution < -0.4 is 10.2 Å². The fourth-order valence-corrected chi connectivity index (χ4v) is 3.28. The third-order valence-electron chi connectivity index (χ3n) is 4.66. The number of nitriles is 1. The van der Waals surface area contributed by atoms with Crippen LogP contribution in [0.25, 0.3) is 0 Å². The summed E-state index contributed by atoms with van der Waals surface area (Å²) in [6, 6.07) is 9.93. The molecule has 2 fully saturated rings. The lowest BCUT2D eigenvalue weighted by Gasteiger charge is -2.36. The first-order chi connectivity index (χ1) is 11.8. The number of hydrogen-bond donors (Lipinski definition) is 1. The first-order valence-corrected chi connectivity index (χ1v) is 8.61. The predicted octanol–water partition coefficient (Wildman–Crippen LogP) is 0.975. The molecule has 0 spiro atoms. The Balaban J connectivity index is 1.43. The SMILES string of the molecule is N#Cc1ccccc1N1CCN(CC(=O)NCC2CCCO2)CC1. The smallest absolute Gasteiger partial charge is 0.234 e. The summed E-state index contributed by atoms with van der Waals surface area (Å²) in [5.41, 5.74) is 1.70. The van der Waals surface area contributed by atoms with Crippen molar-refractivity contribution < 1.29 is 9.53 Å². The second-order valence-electron chi connectivity index (χ2n) is 6.33. The summed E-state index contributed by atoms with van der Waals surface area (Å²) >= 11 is 0. The molecule has 1 amide bonds. The van der Waals surface area contributed by atoms with Gasteiger partial charge in [-0.2, -0.15) is 5.26 Å². The molecule has 2 aliphatic rings. The van der Waals surface area contributed by atoms with E-state index in [-0.39, 0.29) is 12.0 Å². The molecule has 0 radical (unpaired) electrons. The van der Waals surface area contributed by atoms with Crippen molar-refractivity contribution in [2.24, 2.45) is 0 Å². The highest BCUT2D eigenvalue weighted by Crippen LogP contribution is 2.20. The summed E-state index contributed by atoms with van der Waals surface area (Å²) in [6.07, 6.45) is 2.32. The van der Waals surface area contributed by atoms with E-state index < -0.39 is 0 Å². The fourth-order valence-electron chi connectivity index (χ4n) is 3.28. The molecule has 0 bridgehead atoms. The van der Waals surface area contributed by atoms with Crippen LogP contribution in [0.5, 0.6) is 0 Å². The molecule has 2 saturated heterocycles. The molecule has 0 aliphatic carbocycles. The number of benzene rings is 1. The predicted molar refractivity (Wildman–Crippen MR) is 91.8 cm³/mol. The molecule has 3 rings (SSSR count). The highest BCUT2D eigenvalue weighted by Gasteiger charge is 2.21. The van der Waals surface area contributed by atoms with Crippen LogP contribution in [0.15, 0.2) is 24.3 Å². The van der Waals surface area contributed by atoms with Crippen molar-refractivity contribution in [2.45, 2.75) is 18.9 Å². The Morgan fingerprint density at radius 1 is 1.29 bits per heavy atom. The molecular formula is C18H24N4O2. The number of para-hydroxylation sites is 1. The maximum absolute atomic E-state index is 12.1. The molecule has 6 heteroatoms. The maximum Gasteiger partial charge on any atom is 0.234 e. The lowest BCUT2D eigenvalue weighted by Crippen LogP contribution is -2.50. The zero-order valence-electron chi connectivity index (χ0n) is 13.9. The number of carbonyl (C=O) groups is 1. The molecule has 1 N–H and O–H groups in total. The molecule has 1 aromatic rings. The van der Waals surface area contributed by atoms with Crippen LogP contribution in [0, 0.1) is 11.3 Å². The Morgan fingerprint density at radius 2 is 2.08 bits per heavy atom. The molecular weight excluding hydrogens is 304 g/mol. The molecule has 1 unspecified atom stereocenters. The molecule has 1 atom stereocenters. The van der Waals surface area contributed by atoms with Crippen molar-refractivity contribution >= 4 is 11.6 Å². The lowest BCUT2D eigenvalue weighted by atomic mass is 10.1. The summed E-state index contributed by atoms with van der Waals surface area (Å²) in [4.78, 5) is 16.4. The van der Waals surface area contributed by atoms with Crippen LogP contribution in [0.3, 0.4) is 0 Å². The summed E-state index contributed by atoms with van der Waals surface area (Å²) in [6.45, 7) is 5.18. The number of ether oxygens (including phenoxy) is 1. The van der Waals surface area contributed by atoms with Gasteiger partial charge < -0.3 is 15.0 Å². The average Bonchev–Trinajstić information content (AvgIpc) is 3.14. The van der Waals surface area contributed by atoms with Gasteiger partial charge >= 0.3 is 0 Å². The minimum Gasteiger partial charge on any atom is -0.376 e. The zero-order valence-corrected chi connectivity index (χ0v) is 13.9. The molecule has 0 aromatic heterocycles. The first-order valence-electron chi connectivity index (χ1n) is 8.61. The van der Waals surface area contributed by atoms with E-state index in [1.54, 1.807) is 0 Å². The molecule has 0 saturated carbocycles. The van der Waals surface area contributed by atoms with Gasteiger partial charge in [-0.05, 0) is 25.0 Å². The number of nitrogens with zero attached hydrogens (tertiary/aromatic N) is 3. The van der Waals surface area contributed by atoms with Crippen LogP contribution in [0.1, 0.15) is 18.4 Å². The van der Waals surface area contributed by atoms with Gasteiger partial charge in [0.05, 0.1) is 23.9 Å². The highest BCUT2D eigenvalue weighted by molar-refractivity contribution is 5.78. The van der Waals surface area contributed by atoms with E-state index in [1.807, 2.05) is 24.3 Å². The van der Waals surface area contributed by atoms with Crippen LogP contribution in [0.2, 0.25) is 0 Å². The number of piperazine rings is 1. The van der Waals surface area contributed by atoms with Gasteiger partial charge in [0, 0.05) is 39.3 Å². The Kier molecular flexibility index (Phi) is 5.68. The summed E-state index contributed by atoms with van der Waals surface area (Å²) in [7, 11) is 0. The summed E-state index contributed by atoms with van der Waals surface area (Å²) in [5, 5.41) is 12.2. The van der Waals surface area contributed by atoms with Crippen molar-refractivity contribution in [1.29, 1.82) is 5.26 Å². The van der Waals surface area contributed by atoms with Crippen molar-refractivity contribution in [3.8, 4) is 6.07 Å². The van der Waals surface area contributed by atoms with E-state index in [4.69, 9.17) is 4.74 Å². The number of rotatable bonds is 5. The zero-order chi connectivity index (χ0) is 16.8. The third kappa shape index (κ3) is 4.25. The number of nitrogens with one attached hydrogen (secondary N) is 1. The van der Waals surface area contributed by atoms with Crippen LogP contribution in [-0.4, -0.2) is 62.8 Å². The van der Waals surface area contributed by atoms with Crippen molar-refractivity contribution in [3.63, 3.8) is 0 Å². The van der Waals surface area contributed by atoms with Gasteiger partial charge in [0.25, 0.3) is 0 Å². The molecule has 1 aromatic carbocycles. The largest absolute Gasteiger partial charge is 0.376 e. The van der Waals surface area contributed by atoms with Crippen LogP contribution in [-0.2, 0) is 9.53 Å². The van der Waals surface area contributed by atoms with E-state index in [0.29, 0.717) is 18.7 Å². The Bertz CT molecular complexity index is 599. The molecule has 24 heavy (non-hydrogen) atoms. The van der Waals surface area contributed by atoms with Gasteiger partial charge in [0.1, 0.15) is 6.07 Å². The van der Waals surface area contributed by atoms with Gasteiger partial charge in [0.15, 0.2) is 0 Å². The topological polar surface area (TPSA) is 68.6 Å². The first kappa shape index (κ1) is 16.7. The Morgan fingerprint density at radius 3 is 2.79 bits per heavy atom. The van der Waals surface area contributed by atoms with Crippen molar-refractivity contribution in [1.82, 2.24) is 10.2 Å². The van der Waals surface area contributed by atoms with E-state index in [9.17, 15) is 10.1 Å². The van der Waals surface area contributed by atoms with E-state index in [2.05, 4.69) is 21.2 Å². The molecule has 2 heterocycles. The maximum atomic E-state index is 12.1. The Labute approximate surface area is 143 Å². The van der Waals surface area contributed by atoms with E-state index in [1.165, 1.54) is 0 Å². The minimum atomic E-state index is 0.0661. The number of hydrogen-bond acceptors (Lipinski definition) is 5. The molecule has 128 valence electrons. The van der Waals surface area contributed by atoms with Gasteiger partial charge in [-0.3, -0.25) is 9.69 Å². The number of anilines is 1. The fraction of sp³-hybridized carbons (Fsp3) is 0.556. The van der Waals surface area contributed by atoms with Crippen LogP contribution >= 0.6 is 0 Å². The van der Waals surface area contributed by atoms with Gasteiger partial charge in [-0.15, -0.1) is 0 Å². The van der Waals surface area contributed by atoms with Gasteiger partial charge in [0.2, 0.25) is 5.91 Å². The third-order valence-corrected chi connectivity index (χ3v) is 4.66.